The maximum Gasteiger partial charge on any atom is 0.262 e. The van der Waals surface area contributed by atoms with Crippen LogP contribution in [0.2, 0.25) is 0 Å². The molecule has 2 N–H and O–H groups in total. The third kappa shape index (κ3) is 1.45. The lowest BCUT2D eigenvalue weighted by Crippen LogP contribution is -2.25. The van der Waals surface area contributed by atoms with E-state index in [-0.39, 0.29) is 5.91 Å². The van der Waals surface area contributed by atoms with Crippen LogP contribution in [0.1, 0.15) is 10.4 Å². The van der Waals surface area contributed by atoms with E-state index in [2.05, 4.69) is 0 Å². The summed E-state index contributed by atoms with van der Waals surface area (Å²) in [6.45, 7) is 0. The molecule has 2 amide bonds. The summed E-state index contributed by atoms with van der Waals surface area (Å²) in [5.74, 6) is -0.372. The minimum absolute atomic E-state index is 0.372. The smallest absolute Gasteiger partial charge is 0.262 e. The van der Waals surface area contributed by atoms with Crippen molar-refractivity contribution in [2.24, 2.45) is 0 Å². The minimum atomic E-state index is -0.372. The van der Waals surface area contributed by atoms with E-state index in [0.717, 1.165) is 4.90 Å². The molecule has 5 heteroatoms. The quantitative estimate of drug-likeness (QED) is 0.683. The lowest BCUT2D eigenvalue weighted by molar-refractivity contribution is -0.115. The van der Waals surface area contributed by atoms with Crippen LogP contribution in [-0.2, 0) is 4.79 Å². The van der Waals surface area contributed by atoms with Crippen molar-refractivity contribution in [3.8, 4) is 0 Å². The summed E-state index contributed by atoms with van der Waals surface area (Å²) in [7, 11) is 1.40. The number of nitrogens with two attached hydrogens (primary N) is 1. The average Bonchev–Trinajstić information content (AvgIpc) is 2.48. The van der Waals surface area contributed by atoms with Crippen molar-refractivity contribution >= 4 is 28.7 Å². The van der Waals surface area contributed by atoms with Crippen LogP contribution in [-0.4, -0.2) is 24.3 Å². The molecule has 0 radical (unpaired) electrons. The Hall–Kier alpha value is -1.36. The molecular weight excluding hydrogens is 176 g/mol. The van der Waals surface area contributed by atoms with E-state index in [1.807, 2.05) is 0 Å². The van der Waals surface area contributed by atoms with Gasteiger partial charge < -0.3 is 5.73 Å². The average molecular weight is 184 g/mol. The van der Waals surface area contributed by atoms with E-state index in [4.69, 9.17) is 5.73 Å². The zero-order chi connectivity index (χ0) is 9.14. The Balaban J connectivity index is 2.92. The molecule has 1 heterocycles. The minimum Gasteiger partial charge on any atom is -0.390 e. The zero-order valence-corrected chi connectivity index (χ0v) is 7.30. The van der Waals surface area contributed by atoms with Gasteiger partial charge in [-0.25, -0.2) is 0 Å². The number of imide groups is 1. The molecule has 0 fully saturated rings. The van der Waals surface area contributed by atoms with E-state index in [1.165, 1.54) is 18.4 Å². The molecule has 0 atom stereocenters. The predicted molar refractivity (Wildman–Crippen MR) is 46.9 cm³/mol. The highest BCUT2D eigenvalue weighted by molar-refractivity contribution is 7.14. The lowest BCUT2D eigenvalue weighted by Gasteiger charge is -2.06. The predicted octanol–water partition coefficient (Wildman–Crippen LogP) is 0.559. The third-order valence-electron chi connectivity index (χ3n) is 1.40. The second-order valence-corrected chi connectivity index (χ2v) is 3.17. The van der Waals surface area contributed by atoms with E-state index in [9.17, 15) is 9.59 Å². The van der Waals surface area contributed by atoms with Crippen LogP contribution in [0.5, 0.6) is 0 Å². The van der Waals surface area contributed by atoms with Crippen molar-refractivity contribution in [3.63, 3.8) is 0 Å². The van der Waals surface area contributed by atoms with Crippen LogP contribution in [0.15, 0.2) is 11.4 Å². The fourth-order valence-corrected chi connectivity index (χ4v) is 1.37. The van der Waals surface area contributed by atoms with Crippen molar-refractivity contribution in [3.05, 3.63) is 17.0 Å². The number of amides is 2. The van der Waals surface area contributed by atoms with Crippen LogP contribution in [0.25, 0.3) is 0 Å². The number of nitrogen functional groups attached to an aromatic ring is 1. The molecule has 12 heavy (non-hydrogen) atoms. The first-order valence-electron chi connectivity index (χ1n) is 3.22. The van der Waals surface area contributed by atoms with Crippen molar-refractivity contribution in [1.29, 1.82) is 0 Å². The molecule has 0 unspecified atom stereocenters. The van der Waals surface area contributed by atoms with Crippen molar-refractivity contribution in [2.75, 3.05) is 12.8 Å². The Labute approximate surface area is 73.6 Å². The van der Waals surface area contributed by atoms with Gasteiger partial charge in [-0.1, -0.05) is 0 Å². The number of hydrogen-bond donors (Lipinski definition) is 1. The third-order valence-corrected chi connectivity index (χ3v) is 2.15. The molecule has 0 bridgehead atoms. The molecule has 1 aromatic heterocycles. The SMILES string of the molecule is CN(C=O)C(=O)c1ccsc1N. The normalized spacial score (nSPS) is 9.42. The van der Waals surface area contributed by atoms with Gasteiger partial charge >= 0.3 is 0 Å². The Morgan fingerprint density at radius 2 is 2.42 bits per heavy atom. The Morgan fingerprint density at radius 3 is 2.83 bits per heavy atom. The van der Waals surface area contributed by atoms with Gasteiger partial charge in [0.15, 0.2) is 0 Å². The van der Waals surface area contributed by atoms with E-state index >= 15 is 0 Å². The van der Waals surface area contributed by atoms with E-state index < -0.39 is 0 Å². The molecule has 1 rings (SSSR count). The van der Waals surface area contributed by atoms with Crippen LogP contribution in [0, 0.1) is 0 Å². The number of anilines is 1. The fraction of sp³-hybridized carbons (Fsp3) is 0.143. The highest BCUT2D eigenvalue weighted by Gasteiger charge is 2.14. The van der Waals surface area contributed by atoms with Gasteiger partial charge in [0.25, 0.3) is 5.91 Å². The van der Waals surface area contributed by atoms with Crippen molar-refractivity contribution < 1.29 is 9.59 Å². The second kappa shape index (κ2) is 3.36. The molecule has 1 aromatic rings. The molecule has 0 spiro atoms. The van der Waals surface area contributed by atoms with Crippen molar-refractivity contribution in [2.45, 2.75) is 0 Å². The summed E-state index contributed by atoms with van der Waals surface area (Å²) >= 11 is 1.27. The number of hydrogen-bond acceptors (Lipinski definition) is 4. The first-order chi connectivity index (χ1) is 5.66. The maximum absolute atomic E-state index is 11.3. The van der Waals surface area contributed by atoms with Gasteiger partial charge in [-0.3, -0.25) is 14.5 Å². The summed E-state index contributed by atoms with van der Waals surface area (Å²) in [5, 5.41) is 2.15. The van der Waals surface area contributed by atoms with Gasteiger partial charge in [-0.05, 0) is 11.4 Å². The Bertz CT molecular complexity index is 308. The standard InChI is InChI=1S/C7H8N2O2S/c1-9(4-10)7(11)5-2-3-12-6(5)8/h2-4H,8H2,1H3. The van der Waals surface area contributed by atoms with Gasteiger partial charge in [0, 0.05) is 7.05 Å². The summed E-state index contributed by atoms with van der Waals surface area (Å²) in [6.07, 6.45) is 0.458. The number of carbonyl (C=O) groups excluding carboxylic acids is 2. The zero-order valence-electron chi connectivity index (χ0n) is 6.48. The van der Waals surface area contributed by atoms with Gasteiger partial charge in [-0.2, -0.15) is 0 Å². The maximum atomic E-state index is 11.3. The van der Waals surface area contributed by atoms with E-state index in [1.54, 1.807) is 11.4 Å². The molecule has 0 aliphatic carbocycles. The Kier molecular flexibility index (Phi) is 2.44. The van der Waals surface area contributed by atoms with Crippen LogP contribution >= 0.6 is 11.3 Å². The topological polar surface area (TPSA) is 63.4 Å². The summed E-state index contributed by atoms with van der Waals surface area (Å²) in [5.41, 5.74) is 5.87. The molecule has 0 aliphatic heterocycles. The highest BCUT2D eigenvalue weighted by atomic mass is 32.1. The first kappa shape index (κ1) is 8.73. The molecule has 0 aromatic carbocycles. The summed E-state index contributed by atoms with van der Waals surface area (Å²) in [4.78, 5) is 22.5. The molecular formula is C7H8N2O2S. The largest absolute Gasteiger partial charge is 0.390 e. The summed E-state index contributed by atoms with van der Waals surface area (Å²) < 4.78 is 0. The number of nitrogens with zero attached hydrogens (tertiary/aromatic N) is 1. The van der Waals surface area contributed by atoms with Crippen LogP contribution in [0.4, 0.5) is 5.00 Å². The summed E-state index contributed by atoms with van der Waals surface area (Å²) in [6, 6.07) is 1.60. The van der Waals surface area contributed by atoms with Gasteiger partial charge in [0.1, 0.15) is 0 Å². The van der Waals surface area contributed by atoms with Crippen LogP contribution in [0.3, 0.4) is 0 Å². The molecule has 0 saturated carbocycles. The second-order valence-electron chi connectivity index (χ2n) is 2.22. The Morgan fingerprint density at radius 1 is 1.75 bits per heavy atom. The fourth-order valence-electron chi connectivity index (χ4n) is 0.736. The number of thiophene rings is 1. The molecule has 64 valence electrons. The molecule has 0 saturated heterocycles. The number of rotatable bonds is 2. The highest BCUT2D eigenvalue weighted by Crippen LogP contribution is 2.19. The van der Waals surface area contributed by atoms with E-state index in [0.29, 0.717) is 17.0 Å². The molecule has 4 nitrogen and oxygen atoms in total. The van der Waals surface area contributed by atoms with Gasteiger partial charge in [0.2, 0.25) is 6.41 Å². The van der Waals surface area contributed by atoms with Crippen LogP contribution < -0.4 is 5.73 Å². The van der Waals surface area contributed by atoms with Crippen molar-refractivity contribution in [1.82, 2.24) is 4.90 Å². The van der Waals surface area contributed by atoms with Gasteiger partial charge in [0.05, 0.1) is 10.6 Å². The molecule has 0 aliphatic rings. The lowest BCUT2D eigenvalue weighted by atomic mass is 10.3. The monoisotopic (exact) mass is 184 g/mol. The van der Waals surface area contributed by atoms with Gasteiger partial charge in [-0.15, -0.1) is 11.3 Å². The number of carbonyl (C=O) groups is 2. The first-order valence-corrected chi connectivity index (χ1v) is 4.10.